The van der Waals surface area contributed by atoms with Gasteiger partial charge in [0, 0.05) is 18.1 Å². The molecule has 1 atom stereocenters. The van der Waals surface area contributed by atoms with E-state index in [1.54, 1.807) is 0 Å². The van der Waals surface area contributed by atoms with Crippen LogP contribution in [0.5, 0.6) is 0 Å². The molecule has 0 aromatic carbocycles. The van der Waals surface area contributed by atoms with Gasteiger partial charge in [-0.1, -0.05) is 19.8 Å². The van der Waals surface area contributed by atoms with E-state index >= 15 is 0 Å². The number of rotatable bonds is 5. The topological polar surface area (TPSA) is 15.3 Å². The molecule has 2 heteroatoms. The molecule has 0 spiro atoms. The van der Waals surface area contributed by atoms with Gasteiger partial charge in [-0.2, -0.15) is 0 Å². The normalized spacial score (nSPS) is 28.3. The van der Waals surface area contributed by atoms with Crippen LogP contribution in [-0.4, -0.2) is 36.1 Å². The molecule has 2 nitrogen and oxygen atoms in total. The summed E-state index contributed by atoms with van der Waals surface area (Å²) < 4.78 is 0. The van der Waals surface area contributed by atoms with Crippen molar-refractivity contribution in [3.05, 3.63) is 0 Å². The highest BCUT2D eigenvalue weighted by atomic mass is 15.2. The zero-order valence-corrected chi connectivity index (χ0v) is 11.7. The van der Waals surface area contributed by atoms with Crippen LogP contribution in [0.4, 0.5) is 0 Å². The summed E-state index contributed by atoms with van der Waals surface area (Å²) in [5.41, 5.74) is 0.375. The Labute approximate surface area is 102 Å². The first-order valence-corrected chi connectivity index (χ1v) is 7.07. The molecular formula is C14H30N2. The van der Waals surface area contributed by atoms with Crippen molar-refractivity contribution in [2.45, 2.75) is 71.4 Å². The summed E-state index contributed by atoms with van der Waals surface area (Å²) in [4.78, 5) is 2.71. The van der Waals surface area contributed by atoms with Crippen LogP contribution in [0.15, 0.2) is 0 Å². The van der Waals surface area contributed by atoms with Crippen LogP contribution in [-0.2, 0) is 0 Å². The highest BCUT2D eigenvalue weighted by molar-refractivity contribution is 4.91. The third-order valence-corrected chi connectivity index (χ3v) is 3.86. The van der Waals surface area contributed by atoms with E-state index in [0.29, 0.717) is 11.6 Å². The minimum Gasteiger partial charge on any atom is -0.315 e. The maximum atomic E-state index is 3.62. The van der Waals surface area contributed by atoms with Crippen LogP contribution in [0.25, 0.3) is 0 Å². The van der Waals surface area contributed by atoms with Gasteiger partial charge < -0.3 is 5.32 Å². The summed E-state index contributed by atoms with van der Waals surface area (Å²) >= 11 is 0. The number of nitrogens with zero attached hydrogens (tertiary/aromatic N) is 1. The predicted octanol–water partition coefficient (Wildman–Crippen LogP) is 3.03. The fraction of sp³-hybridized carbons (Fsp3) is 1.00. The minimum atomic E-state index is 0.375. The summed E-state index contributed by atoms with van der Waals surface area (Å²) in [6.45, 7) is 12.9. The Morgan fingerprint density at radius 3 is 2.62 bits per heavy atom. The van der Waals surface area contributed by atoms with Gasteiger partial charge in [0.05, 0.1) is 0 Å². The van der Waals surface area contributed by atoms with E-state index in [1.165, 1.54) is 38.6 Å². The average Bonchev–Trinajstić information content (AvgIpc) is 2.41. The van der Waals surface area contributed by atoms with Crippen molar-refractivity contribution in [1.29, 1.82) is 0 Å². The average molecular weight is 226 g/mol. The summed E-state index contributed by atoms with van der Waals surface area (Å²) in [5.74, 6) is 0. The van der Waals surface area contributed by atoms with Crippen molar-refractivity contribution < 1.29 is 0 Å². The lowest BCUT2D eigenvalue weighted by Gasteiger charge is -2.43. The first kappa shape index (κ1) is 14.0. The van der Waals surface area contributed by atoms with Crippen molar-refractivity contribution in [1.82, 2.24) is 10.2 Å². The molecule has 16 heavy (non-hydrogen) atoms. The van der Waals surface area contributed by atoms with E-state index in [1.807, 2.05) is 0 Å². The zero-order chi connectivity index (χ0) is 12.0. The highest BCUT2D eigenvalue weighted by Gasteiger charge is 2.33. The Morgan fingerprint density at radius 1 is 1.25 bits per heavy atom. The van der Waals surface area contributed by atoms with E-state index in [2.05, 4.69) is 37.9 Å². The lowest BCUT2D eigenvalue weighted by Crippen LogP contribution is -2.55. The van der Waals surface area contributed by atoms with Gasteiger partial charge in [-0.3, -0.25) is 4.90 Å². The molecule has 1 aliphatic heterocycles. The Bertz CT molecular complexity index is 191. The Balaban J connectivity index is 2.60. The SMILES string of the molecule is CCCNCC1(C)CCCCCN1C(C)C. The van der Waals surface area contributed by atoms with Crippen LogP contribution in [0.1, 0.15) is 59.8 Å². The smallest absolute Gasteiger partial charge is 0.0308 e. The number of hydrogen-bond acceptors (Lipinski definition) is 2. The van der Waals surface area contributed by atoms with Crippen molar-refractivity contribution >= 4 is 0 Å². The largest absolute Gasteiger partial charge is 0.315 e. The van der Waals surface area contributed by atoms with Crippen LogP contribution < -0.4 is 5.32 Å². The van der Waals surface area contributed by atoms with E-state index in [-0.39, 0.29) is 0 Å². The van der Waals surface area contributed by atoms with E-state index < -0.39 is 0 Å². The quantitative estimate of drug-likeness (QED) is 0.725. The first-order chi connectivity index (χ1) is 7.60. The molecule has 0 amide bonds. The lowest BCUT2D eigenvalue weighted by molar-refractivity contribution is 0.0713. The summed E-state index contributed by atoms with van der Waals surface area (Å²) in [5, 5.41) is 3.62. The van der Waals surface area contributed by atoms with E-state index in [4.69, 9.17) is 0 Å². The molecule has 1 fully saturated rings. The Hall–Kier alpha value is -0.0800. The molecule has 1 aliphatic rings. The molecule has 0 saturated carbocycles. The summed E-state index contributed by atoms with van der Waals surface area (Å²) in [6.07, 6.45) is 6.77. The molecule has 1 unspecified atom stereocenters. The molecule has 0 radical (unpaired) electrons. The van der Waals surface area contributed by atoms with Crippen LogP contribution in [0, 0.1) is 0 Å². The van der Waals surface area contributed by atoms with E-state index in [9.17, 15) is 0 Å². The maximum Gasteiger partial charge on any atom is 0.0308 e. The van der Waals surface area contributed by atoms with Gasteiger partial charge >= 0.3 is 0 Å². The highest BCUT2D eigenvalue weighted by Crippen LogP contribution is 2.28. The summed E-state index contributed by atoms with van der Waals surface area (Å²) in [6, 6.07) is 0.673. The van der Waals surface area contributed by atoms with Gasteiger partial charge in [-0.15, -0.1) is 0 Å². The van der Waals surface area contributed by atoms with Gasteiger partial charge in [0.25, 0.3) is 0 Å². The van der Waals surface area contributed by atoms with Gasteiger partial charge in [0.2, 0.25) is 0 Å². The van der Waals surface area contributed by atoms with Crippen molar-refractivity contribution in [3.8, 4) is 0 Å². The van der Waals surface area contributed by atoms with Gasteiger partial charge in [0.1, 0.15) is 0 Å². The molecule has 1 saturated heterocycles. The first-order valence-electron chi connectivity index (χ1n) is 7.07. The maximum absolute atomic E-state index is 3.62. The molecule has 0 aromatic heterocycles. The second-order valence-electron chi connectivity index (χ2n) is 5.77. The molecule has 1 N–H and O–H groups in total. The van der Waals surface area contributed by atoms with E-state index in [0.717, 1.165) is 13.1 Å². The molecule has 0 bridgehead atoms. The second-order valence-corrected chi connectivity index (χ2v) is 5.77. The molecule has 96 valence electrons. The molecule has 1 heterocycles. The fourth-order valence-corrected chi connectivity index (χ4v) is 2.98. The van der Waals surface area contributed by atoms with Crippen LogP contribution in [0.2, 0.25) is 0 Å². The van der Waals surface area contributed by atoms with Crippen LogP contribution >= 0.6 is 0 Å². The third kappa shape index (κ3) is 3.74. The van der Waals surface area contributed by atoms with Crippen molar-refractivity contribution in [2.75, 3.05) is 19.6 Å². The monoisotopic (exact) mass is 226 g/mol. The molecule has 1 rings (SSSR count). The number of likely N-dealkylation sites (tertiary alicyclic amines) is 1. The van der Waals surface area contributed by atoms with Gasteiger partial charge in [0.15, 0.2) is 0 Å². The number of hydrogen-bond donors (Lipinski definition) is 1. The van der Waals surface area contributed by atoms with Crippen molar-refractivity contribution in [3.63, 3.8) is 0 Å². The predicted molar refractivity (Wildman–Crippen MR) is 71.9 cm³/mol. The molecule has 0 aliphatic carbocycles. The van der Waals surface area contributed by atoms with Gasteiger partial charge in [-0.05, 0) is 53.1 Å². The molecule has 0 aromatic rings. The fourth-order valence-electron chi connectivity index (χ4n) is 2.98. The zero-order valence-electron chi connectivity index (χ0n) is 11.7. The molecular weight excluding hydrogens is 196 g/mol. The Morgan fingerprint density at radius 2 is 2.00 bits per heavy atom. The second kappa shape index (κ2) is 6.61. The lowest BCUT2D eigenvalue weighted by atomic mass is 9.92. The summed E-state index contributed by atoms with van der Waals surface area (Å²) in [7, 11) is 0. The number of nitrogens with one attached hydrogen (secondary N) is 1. The minimum absolute atomic E-state index is 0.375. The third-order valence-electron chi connectivity index (χ3n) is 3.86. The van der Waals surface area contributed by atoms with Crippen LogP contribution in [0.3, 0.4) is 0 Å². The van der Waals surface area contributed by atoms with Gasteiger partial charge in [-0.25, -0.2) is 0 Å². The van der Waals surface area contributed by atoms with Crippen molar-refractivity contribution in [2.24, 2.45) is 0 Å². The Kier molecular flexibility index (Phi) is 5.77. The standard InChI is InChI=1S/C14H30N2/c1-5-10-15-12-14(4)9-7-6-8-11-16(14)13(2)3/h13,15H,5-12H2,1-4H3.